The molecule has 6 heteroatoms. The van der Waals surface area contributed by atoms with Crippen LogP contribution >= 0.6 is 0 Å². The number of nitrogens with zero attached hydrogens (tertiary/aromatic N) is 3. The van der Waals surface area contributed by atoms with Crippen LogP contribution in [0.4, 0.5) is 11.5 Å². The summed E-state index contributed by atoms with van der Waals surface area (Å²) in [6.07, 6.45) is 2.40. The first-order valence-corrected chi connectivity index (χ1v) is 6.55. The van der Waals surface area contributed by atoms with Crippen LogP contribution in [0.5, 0.6) is 0 Å². The minimum Gasteiger partial charge on any atom is -0.480 e. The molecular formula is C13H20N4O2. The van der Waals surface area contributed by atoms with Crippen molar-refractivity contribution >= 4 is 17.5 Å². The van der Waals surface area contributed by atoms with Crippen LogP contribution in [-0.4, -0.2) is 53.2 Å². The van der Waals surface area contributed by atoms with Gasteiger partial charge < -0.3 is 15.7 Å². The molecule has 2 rings (SSSR count). The molecule has 0 aromatic carbocycles. The molecule has 19 heavy (non-hydrogen) atoms. The first-order chi connectivity index (χ1) is 9.11. The van der Waals surface area contributed by atoms with E-state index in [-0.39, 0.29) is 6.04 Å². The van der Waals surface area contributed by atoms with Crippen molar-refractivity contribution in [3.63, 3.8) is 0 Å². The van der Waals surface area contributed by atoms with Gasteiger partial charge in [-0.1, -0.05) is 6.92 Å². The standard InChI is InChI=1S/C13H20N4O2/c1-2-11(13(18)19)17-7-5-16(6-8-17)10-3-4-12(14)15-9-10/h3-4,9,11H,2,5-8H2,1H3,(H2,14,15)(H,18,19). The number of rotatable bonds is 4. The van der Waals surface area contributed by atoms with E-state index in [1.54, 1.807) is 12.3 Å². The van der Waals surface area contributed by atoms with Crippen molar-refractivity contribution in [2.24, 2.45) is 0 Å². The lowest BCUT2D eigenvalue weighted by Gasteiger charge is -2.38. The van der Waals surface area contributed by atoms with Gasteiger partial charge in [0.05, 0.1) is 11.9 Å². The first-order valence-electron chi connectivity index (χ1n) is 6.55. The predicted molar refractivity (Wildman–Crippen MR) is 74.2 cm³/mol. The average Bonchev–Trinajstić information content (AvgIpc) is 2.41. The zero-order valence-electron chi connectivity index (χ0n) is 11.1. The summed E-state index contributed by atoms with van der Waals surface area (Å²) in [7, 11) is 0. The molecule has 2 heterocycles. The molecule has 1 unspecified atom stereocenters. The molecule has 0 saturated carbocycles. The van der Waals surface area contributed by atoms with E-state index in [1.165, 1.54) is 0 Å². The number of anilines is 2. The maximum absolute atomic E-state index is 11.1. The molecule has 1 fully saturated rings. The van der Waals surface area contributed by atoms with Gasteiger partial charge in [0.25, 0.3) is 0 Å². The van der Waals surface area contributed by atoms with Crippen molar-refractivity contribution in [1.82, 2.24) is 9.88 Å². The van der Waals surface area contributed by atoms with Crippen LogP contribution < -0.4 is 10.6 Å². The number of hydrogen-bond donors (Lipinski definition) is 2. The number of aromatic nitrogens is 1. The van der Waals surface area contributed by atoms with Crippen molar-refractivity contribution in [2.45, 2.75) is 19.4 Å². The van der Waals surface area contributed by atoms with Crippen LogP contribution in [0.25, 0.3) is 0 Å². The van der Waals surface area contributed by atoms with E-state index in [0.29, 0.717) is 12.2 Å². The molecular weight excluding hydrogens is 244 g/mol. The number of carbonyl (C=O) groups is 1. The quantitative estimate of drug-likeness (QED) is 0.831. The average molecular weight is 264 g/mol. The van der Waals surface area contributed by atoms with E-state index in [4.69, 9.17) is 10.8 Å². The zero-order chi connectivity index (χ0) is 13.8. The van der Waals surface area contributed by atoms with Crippen molar-refractivity contribution in [2.75, 3.05) is 36.8 Å². The molecule has 1 aromatic heterocycles. The Balaban J connectivity index is 1.95. The highest BCUT2D eigenvalue weighted by atomic mass is 16.4. The highest BCUT2D eigenvalue weighted by molar-refractivity contribution is 5.73. The van der Waals surface area contributed by atoms with E-state index in [1.807, 2.05) is 17.9 Å². The Morgan fingerprint density at radius 1 is 1.42 bits per heavy atom. The molecule has 0 bridgehead atoms. The normalized spacial score (nSPS) is 18.3. The van der Waals surface area contributed by atoms with Crippen molar-refractivity contribution in [1.29, 1.82) is 0 Å². The molecule has 0 amide bonds. The Hall–Kier alpha value is -1.82. The fourth-order valence-electron chi connectivity index (χ4n) is 2.47. The van der Waals surface area contributed by atoms with E-state index < -0.39 is 5.97 Å². The molecule has 1 aromatic rings. The minimum absolute atomic E-state index is 0.369. The van der Waals surface area contributed by atoms with Gasteiger partial charge in [-0.3, -0.25) is 9.69 Å². The lowest BCUT2D eigenvalue weighted by molar-refractivity contribution is -0.143. The number of nitrogens with two attached hydrogens (primary N) is 1. The summed E-state index contributed by atoms with van der Waals surface area (Å²) in [6, 6.07) is 3.37. The molecule has 0 spiro atoms. The van der Waals surface area contributed by atoms with Gasteiger partial charge in [-0.15, -0.1) is 0 Å². The van der Waals surface area contributed by atoms with Crippen LogP contribution in [0.1, 0.15) is 13.3 Å². The summed E-state index contributed by atoms with van der Waals surface area (Å²) < 4.78 is 0. The molecule has 6 nitrogen and oxygen atoms in total. The fourth-order valence-corrected chi connectivity index (χ4v) is 2.47. The Bertz CT molecular complexity index is 427. The van der Waals surface area contributed by atoms with E-state index in [2.05, 4.69) is 9.88 Å². The topological polar surface area (TPSA) is 82.7 Å². The Morgan fingerprint density at radius 3 is 2.58 bits per heavy atom. The highest BCUT2D eigenvalue weighted by Gasteiger charge is 2.27. The van der Waals surface area contributed by atoms with Crippen molar-refractivity contribution < 1.29 is 9.90 Å². The number of hydrogen-bond acceptors (Lipinski definition) is 5. The van der Waals surface area contributed by atoms with Crippen LogP contribution in [0.15, 0.2) is 18.3 Å². The first kappa shape index (κ1) is 13.6. The number of pyridine rings is 1. The van der Waals surface area contributed by atoms with Crippen LogP contribution in [0.2, 0.25) is 0 Å². The monoisotopic (exact) mass is 264 g/mol. The molecule has 104 valence electrons. The molecule has 3 N–H and O–H groups in total. The van der Waals surface area contributed by atoms with Crippen molar-refractivity contribution in [3.05, 3.63) is 18.3 Å². The maximum Gasteiger partial charge on any atom is 0.320 e. The number of nitrogen functional groups attached to an aromatic ring is 1. The zero-order valence-corrected chi connectivity index (χ0v) is 11.1. The molecule has 0 radical (unpaired) electrons. The van der Waals surface area contributed by atoms with Gasteiger partial charge in [0.1, 0.15) is 11.9 Å². The largest absolute Gasteiger partial charge is 0.480 e. The summed E-state index contributed by atoms with van der Waals surface area (Å²) in [6.45, 7) is 5.06. The maximum atomic E-state index is 11.1. The highest BCUT2D eigenvalue weighted by Crippen LogP contribution is 2.17. The Morgan fingerprint density at radius 2 is 2.11 bits per heavy atom. The van der Waals surface area contributed by atoms with Crippen LogP contribution in [0.3, 0.4) is 0 Å². The second-order valence-corrected chi connectivity index (χ2v) is 4.73. The van der Waals surface area contributed by atoms with Gasteiger partial charge in [-0.2, -0.15) is 0 Å². The third kappa shape index (κ3) is 3.14. The SMILES string of the molecule is CCC(C(=O)O)N1CCN(c2ccc(N)nc2)CC1. The summed E-state index contributed by atoms with van der Waals surface area (Å²) in [4.78, 5) is 19.5. The van der Waals surface area contributed by atoms with Gasteiger partial charge in [-0.25, -0.2) is 4.98 Å². The van der Waals surface area contributed by atoms with Gasteiger partial charge in [0.2, 0.25) is 0 Å². The Kier molecular flexibility index (Phi) is 4.21. The number of aliphatic carboxylic acids is 1. The van der Waals surface area contributed by atoms with Gasteiger partial charge in [0, 0.05) is 26.2 Å². The molecule has 1 saturated heterocycles. The summed E-state index contributed by atoms with van der Waals surface area (Å²) in [5.74, 6) is -0.218. The predicted octanol–water partition coefficient (Wildman–Crippen LogP) is 0.649. The second-order valence-electron chi connectivity index (χ2n) is 4.73. The van der Waals surface area contributed by atoms with E-state index >= 15 is 0 Å². The summed E-state index contributed by atoms with van der Waals surface area (Å²) in [5.41, 5.74) is 6.61. The number of carboxylic acids is 1. The third-order valence-electron chi connectivity index (χ3n) is 3.56. The molecule has 1 aliphatic heterocycles. The lowest BCUT2D eigenvalue weighted by Crippen LogP contribution is -2.52. The second kappa shape index (κ2) is 5.88. The van der Waals surface area contributed by atoms with E-state index in [9.17, 15) is 4.79 Å². The molecule has 1 atom stereocenters. The summed E-state index contributed by atoms with van der Waals surface area (Å²) >= 11 is 0. The Labute approximate surface area is 112 Å². The number of carboxylic acid groups (broad SMARTS) is 1. The minimum atomic E-state index is -0.731. The fraction of sp³-hybridized carbons (Fsp3) is 0.538. The van der Waals surface area contributed by atoms with Crippen LogP contribution in [0, 0.1) is 0 Å². The van der Waals surface area contributed by atoms with Gasteiger partial charge in [0.15, 0.2) is 0 Å². The molecule has 0 aliphatic carbocycles. The lowest BCUT2D eigenvalue weighted by atomic mass is 10.1. The van der Waals surface area contributed by atoms with Crippen molar-refractivity contribution in [3.8, 4) is 0 Å². The van der Waals surface area contributed by atoms with E-state index in [0.717, 1.165) is 31.9 Å². The third-order valence-corrected chi connectivity index (χ3v) is 3.56. The number of piperazine rings is 1. The van der Waals surface area contributed by atoms with Crippen LogP contribution in [-0.2, 0) is 4.79 Å². The summed E-state index contributed by atoms with van der Waals surface area (Å²) in [5, 5.41) is 9.16. The smallest absolute Gasteiger partial charge is 0.320 e. The molecule has 1 aliphatic rings. The van der Waals surface area contributed by atoms with Gasteiger partial charge in [-0.05, 0) is 18.6 Å². The van der Waals surface area contributed by atoms with Gasteiger partial charge >= 0.3 is 5.97 Å².